The Morgan fingerprint density at radius 2 is 1.69 bits per heavy atom. The third-order valence-corrected chi connectivity index (χ3v) is 6.32. The first-order chi connectivity index (χ1) is 17.2. The minimum atomic E-state index is -4.58. The summed E-state index contributed by atoms with van der Waals surface area (Å²) in [6.07, 6.45) is -1.57. The number of hydrogen-bond donors (Lipinski definition) is 3. The van der Waals surface area contributed by atoms with Crippen LogP contribution >= 0.6 is 0 Å². The van der Waals surface area contributed by atoms with Gasteiger partial charge in [0.05, 0.1) is 17.7 Å². The molecule has 1 aliphatic rings. The van der Waals surface area contributed by atoms with Crippen LogP contribution in [-0.4, -0.2) is 35.0 Å². The van der Waals surface area contributed by atoms with Gasteiger partial charge in [0.2, 0.25) is 11.9 Å². The molecule has 1 fully saturated rings. The highest BCUT2D eigenvalue weighted by atomic mass is 19.4. The lowest BCUT2D eigenvalue weighted by molar-refractivity contribution is -0.138. The van der Waals surface area contributed by atoms with Crippen molar-refractivity contribution >= 4 is 23.2 Å². The average molecular weight is 499 g/mol. The van der Waals surface area contributed by atoms with E-state index in [2.05, 4.69) is 20.2 Å². The number of primary amides is 1. The van der Waals surface area contributed by atoms with Crippen molar-refractivity contribution in [2.45, 2.75) is 44.3 Å². The Kier molecular flexibility index (Phi) is 7.73. The molecule has 0 saturated carbocycles. The number of alkyl halides is 3. The Bertz CT molecular complexity index is 1190. The summed E-state index contributed by atoms with van der Waals surface area (Å²) in [5.41, 5.74) is 13.5. The van der Waals surface area contributed by atoms with E-state index >= 15 is 0 Å². The number of anilines is 3. The molecule has 5 N–H and O–H groups in total. The van der Waals surface area contributed by atoms with Gasteiger partial charge in [0, 0.05) is 36.7 Å². The van der Waals surface area contributed by atoms with E-state index in [-0.39, 0.29) is 36.9 Å². The highest BCUT2D eigenvalue weighted by Crippen LogP contribution is 2.32. The standard InChI is InChI=1S/C26H29F3N6O/c27-26(28,29)22-16-32-25(33-20-6-8-21(9-7-20)35-13-11-19(30)12-14-35)34-23(22)10-5-17-3-1-2-4-18(17)15-24(31)36/h1-4,6-9,16,19H,5,10-15,30H2,(H2,31,36)(H,32,33,34). The molecule has 36 heavy (non-hydrogen) atoms. The fourth-order valence-electron chi connectivity index (χ4n) is 4.36. The number of rotatable bonds is 8. The van der Waals surface area contributed by atoms with Crippen LogP contribution in [-0.2, 0) is 30.2 Å². The molecule has 0 atom stereocenters. The van der Waals surface area contributed by atoms with Crippen molar-refractivity contribution < 1.29 is 18.0 Å². The van der Waals surface area contributed by atoms with Crippen LogP contribution in [0.5, 0.6) is 0 Å². The molecule has 1 aliphatic heterocycles. The summed E-state index contributed by atoms with van der Waals surface area (Å²) in [5.74, 6) is -0.415. The first kappa shape index (κ1) is 25.4. The van der Waals surface area contributed by atoms with Gasteiger partial charge in [-0.05, 0) is 61.1 Å². The molecule has 10 heteroatoms. The Labute approximate surface area is 207 Å². The first-order valence-electron chi connectivity index (χ1n) is 11.8. The fourth-order valence-corrected chi connectivity index (χ4v) is 4.36. The quantitative estimate of drug-likeness (QED) is 0.433. The molecule has 2 heterocycles. The largest absolute Gasteiger partial charge is 0.419 e. The van der Waals surface area contributed by atoms with Crippen LogP contribution in [0.25, 0.3) is 0 Å². The molecule has 1 saturated heterocycles. The van der Waals surface area contributed by atoms with Crippen molar-refractivity contribution in [3.8, 4) is 0 Å². The van der Waals surface area contributed by atoms with Gasteiger partial charge in [0.15, 0.2) is 0 Å². The Hall–Kier alpha value is -3.66. The summed E-state index contributed by atoms with van der Waals surface area (Å²) < 4.78 is 41.0. The van der Waals surface area contributed by atoms with Gasteiger partial charge in [-0.15, -0.1) is 0 Å². The zero-order valence-corrected chi connectivity index (χ0v) is 19.8. The first-order valence-corrected chi connectivity index (χ1v) is 11.8. The van der Waals surface area contributed by atoms with Crippen molar-refractivity contribution in [3.63, 3.8) is 0 Å². The van der Waals surface area contributed by atoms with Crippen molar-refractivity contribution in [1.29, 1.82) is 0 Å². The number of benzene rings is 2. The van der Waals surface area contributed by atoms with Crippen LogP contribution < -0.4 is 21.7 Å². The average Bonchev–Trinajstić information content (AvgIpc) is 2.84. The lowest BCUT2D eigenvalue weighted by Crippen LogP contribution is -2.39. The number of aromatic nitrogens is 2. The second-order valence-electron chi connectivity index (χ2n) is 8.96. The summed E-state index contributed by atoms with van der Waals surface area (Å²) in [6, 6.07) is 14.9. The summed E-state index contributed by atoms with van der Waals surface area (Å²) in [5, 5.41) is 3.01. The van der Waals surface area contributed by atoms with Crippen LogP contribution in [0.15, 0.2) is 54.7 Å². The molecule has 0 radical (unpaired) electrons. The van der Waals surface area contributed by atoms with Crippen molar-refractivity contribution in [3.05, 3.63) is 77.1 Å². The fraction of sp³-hybridized carbons (Fsp3) is 0.346. The molecule has 2 aromatic carbocycles. The van der Waals surface area contributed by atoms with E-state index in [0.717, 1.165) is 43.4 Å². The smallest absolute Gasteiger partial charge is 0.371 e. The number of aryl methyl sites for hydroxylation is 2. The Morgan fingerprint density at radius 1 is 1.03 bits per heavy atom. The lowest BCUT2D eigenvalue weighted by atomic mass is 9.98. The maximum Gasteiger partial charge on any atom is 0.419 e. The summed E-state index contributed by atoms with van der Waals surface area (Å²) in [7, 11) is 0. The SMILES string of the molecule is NC(=O)Cc1ccccc1CCc1nc(Nc2ccc(N3CCC(N)CC3)cc2)ncc1C(F)(F)F. The minimum absolute atomic E-state index is 0.0256. The second-order valence-corrected chi connectivity index (χ2v) is 8.96. The van der Waals surface area contributed by atoms with E-state index in [1.165, 1.54) is 0 Å². The van der Waals surface area contributed by atoms with Gasteiger partial charge in [-0.1, -0.05) is 24.3 Å². The van der Waals surface area contributed by atoms with Gasteiger partial charge in [-0.2, -0.15) is 13.2 Å². The van der Waals surface area contributed by atoms with Gasteiger partial charge in [0.25, 0.3) is 0 Å². The Morgan fingerprint density at radius 3 is 2.33 bits per heavy atom. The second kappa shape index (κ2) is 10.9. The number of carbonyl (C=O) groups is 1. The third-order valence-electron chi connectivity index (χ3n) is 6.32. The maximum atomic E-state index is 13.7. The molecule has 190 valence electrons. The molecule has 3 aromatic rings. The normalized spacial score (nSPS) is 14.6. The van der Waals surface area contributed by atoms with Crippen LogP contribution in [0.2, 0.25) is 0 Å². The minimum Gasteiger partial charge on any atom is -0.371 e. The van der Waals surface area contributed by atoms with E-state index in [0.29, 0.717) is 11.3 Å². The van der Waals surface area contributed by atoms with Gasteiger partial charge < -0.3 is 21.7 Å². The number of piperidine rings is 1. The van der Waals surface area contributed by atoms with Gasteiger partial charge in [-0.25, -0.2) is 9.97 Å². The molecule has 1 aromatic heterocycles. The highest BCUT2D eigenvalue weighted by molar-refractivity contribution is 5.77. The third kappa shape index (κ3) is 6.51. The van der Waals surface area contributed by atoms with E-state index < -0.39 is 17.6 Å². The molecular formula is C26H29F3N6O. The van der Waals surface area contributed by atoms with E-state index in [1.54, 1.807) is 24.3 Å². The van der Waals surface area contributed by atoms with Gasteiger partial charge in [0.1, 0.15) is 0 Å². The van der Waals surface area contributed by atoms with Crippen molar-refractivity contribution in [2.24, 2.45) is 11.5 Å². The van der Waals surface area contributed by atoms with E-state index in [4.69, 9.17) is 11.5 Å². The zero-order valence-electron chi connectivity index (χ0n) is 19.8. The lowest BCUT2D eigenvalue weighted by Gasteiger charge is -2.32. The summed E-state index contributed by atoms with van der Waals surface area (Å²) >= 11 is 0. The molecule has 0 unspecified atom stereocenters. The number of nitrogens with one attached hydrogen (secondary N) is 1. The summed E-state index contributed by atoms with van der Waals surface area (Å²) in [6.45, 7) is 1.78. The highest BCUT2D eigenvalue weighted by Gasteiger charge is 2.35. The number of nitrogens with zero attached hydrogens (tertiary/aromatic N) is 3. The number of nitrogens with two attached hydrogens (primary N) is 2. The zero-order chi connectivity index (χ0) is 25.7. The molecule has 7 nitrogen and oxygen atoms in total. The van der Waals surface area contributed by atoms with Gasteiger partial charge in [-0.3, -0.25) is 4.79 Å². The Balaban J connectivity index is 1.50. The van der Waals surface area contributed by atoms with E-state index in [9.17, 15) is 18.0 Å². The predicted molar refractivity (Wildman–Crippen MR) is 133 cm³/mol. The molecular weight excluding hydrogens is 469 g/mol. The van der Waals surface area contributed by atoms with Crippen molar-refractivity contribution in [1.82, 2.24) is 9.97 Å². The van der Waals surface area contributed by atoms with Gasteiger partial charge >= 0.3 is 6.18 Å². The predicted octanol–water partition coefficient (Wildman–Crippen LogP) is 3.98. The molecule has 1 amide bonds. The monoisotopic (exact) mass is 498 g/mol. The van der Waals surface area contributed by atoms with Crippen LogP contribution in [0, 0.1) is 0 Å². The summed E-state index contributed by atoms with van der Waals surface area (Å²) in [4.78, 5) is 21.7. The topological polar surface area (TPSA) is 110 Å². The van der Waals surface area contributed by atoms with Crippen LogP contribution in [0.1, 0.15) is 35.2 Å². The van der Waals surface area contributed by atoms with Crippen LogP contribution in [0.4, 0.5) is 30.5 Å². The molecule has 0 spiro atoms. The number of amides is 1. The molecule has 0 bridgehead atoms. The number of carbonyl (C=O) groups excluding carboxylic acids is 1. The molecule has 0 aliphatic carbocycles. The number of hydrogen-bond acceptors (Lipinski definition) is 6. The van der Waals surface area contributed by atoms with Crippen LogP contribution in [0.3, 0.4) is 0 Å². The van der Waals surface area contributed by atoms with Crippen molar-refractivity contribution in [2.75, 3.05) is 23.3 Å². The number of halogens is 3. The van der Waals surface area contributed by atoms with E-state index in [1.807, 2.05) is 24.3 Å². The molecule has 4 rings (SSSR count). The maximum absolute atomic E-state index is 13.7.